The average molecular weight is 100.0 g/mol. The molecule has 0 rings (SSSR count). The Bertz CT molecular complexity index is 28.9. The molecule has 0 saturated heterocycles. The fraction of sp³-hybridized carbons (Fsp3) is 1.00. The van der Waals surface area contributed by atoms with E-state index in [2.05, 4.69) is 10.5 Å². The third-order valence-electron chi connectivity index (χ3n) is 0.854. The molecule has 3 heteroatoms. The second kappa shape index (κ2) is 5.98. The van der Waals surface area contributed by atoms with Crippen LogP contribution in [-0.4, -0.2) is 28.1 Å². The zero-order valence-corrected chi connectivity index (χ0v) is 5.12. The van der Waals surface area contributed by atoms with Gasteiger partial charge in [0.1, 0.15) is 0 Å². The van der Waals surface area contributed by atoms with Crippen LogP contribution in [-0.2, 0) is 0 Å². The van der Waals surface area contributed by atoms with Crippen molar-refractivity contribution in [2.45, 2.75) is 6.32 Å². The smallest absolute Gasteiger partial charge is 0.202 e. The summed E-state index contributed by atoms with van der Waals surface area (Å²) in [7, 11) is 5.05. The Hall–Kier alpha value is -0.0151. The van der Waals surface area contributed by atoms with E-state index in [0.717, 1.165) is 14.0 Å². The second-order valence-corrected chi connectivity index (χ2v) is 1.56. The Labute approximate surface area is 45.9 Å². The summed E-state index contributed by atoms with van der Waals surface area (Å²) in [6.45, 7) is 1.11. The van der Waals surface area contributed by atoms with Crippen molar-refractivity contribution in [2.24, 2.45) is 0 Å². The highest BCUT2D eigenvalue weighted by molar-refractivity contribution is 6.31. The van der Waals surface area contributed by atoms with Crippen molar-refractivity contribution in [1.82, 2.24) is 10.5 Å². The molecule has 0 saturated carbocycles. The first-order valence-corrected chi connectivity index (χ1v) is 2.71. The first kappa shape index (κ1) is 6.98. The predicted molar refractivity (Wildman–Crippen MR) is 34.9 cm³/mol. The zero-order valence-electron chi connectivity index (χ0n) is 5.12. The predicted octanol–water partition coefficient (Wildman–Crippen LogP) is -0.805. The molecule has 0 fully saturated rings. The summed E-state index contributed by atoms with van der Waals surface area (Å²) in [5, 5.41) is 6.12. The SMILES string of the molecule is CNBCCNC. The molecule has 0 aliphatic rings. The summed E-state index contributed by atoms with van der Waals surface area (Å²) in [4.78, 5) is 0. The van der Waals surface area contributed by atoms with Gasteiger partial charge in [0.2, 0.25) is 7.41 Å². The molecule has 0 aromatic heterocycles. The molecular weight excluding hydrogens is 86.9 g/mol. The van der Waals surface area contributed by atoms with E-state index < -0.39 is 0 Å². The van der Waals surface area contributed by atoms with E-state index in [1.807, 2.05) is 14.1 Å². The van der Waals surface area contributed by atoms with Gasteiger partial charge >= 0.3 is 0 Å². The van der Waals surface area contributed by atoms with Crippen molar-refractivity contribution in [1.29, 1.82) is 0 Å². The summed E-state index contributed by atoms with van der Waals surface area (Å²) in [6, 6.07) is 0. The van der Waals surface area contributed by atoms with Crippen LogP contribution in [0.2, 0.25) is 6.32 Å². The number of hydrogen-bond donors (Lipinski definition) is 2. The highest BCUT2D eigenvalue weighted by Gasteiger charge is 1.81. The average Bonchev–Trinajstić information content (AvgIpc) is 1.69. The molecule has 0 aromatic rings. The lowest BCUT2D eigenvalue weighted by molar-refractivity contribution is 0.854. The van der Waals surface area contributed by atoms with E-state index in [9.17, 15) is 0 Å². The summed E-state index contributed by atoms with van der Waals surface area (Å²) in [5.74, 6) is 0. The molecule has 7 heavy (non-hydrogen) atoms. The van der Waals surface area contributed by atoms with Gasteiger partial charge in [-0.3, -0.25) is 0 Å². The lowest BCUT2D eigenvalue weighted by atomic mass is 9.90. The lowest BCUT2D eigenvalue weighted by Gasteiger charge is -1.92. The van der Waals surface area contributed by atoms with E-state index in [-0.39, 0.29) is 0 Å². The van der Waals surface area contributed by atoms with E-state index in [0.29, 0.717) is 0 Å². The van der Waals surface area contributed by atoms with Crippen LogP contribution in [0.25, 0.3) is 0 Å². The van der Waals surface area contributed by atoms with Crippen LogP contribution in [0.5, 0.6) is 0 Å². The molecule has 42 valence electrons. The van der Waals surface area contributed by atoms with Gasteiger partial charge in [-0.05, 0) is 20.6 Å². The molecule has 0 bridgehead atoms. The van der Waals surface area contributed by atoms with Gasteiger partial charge in [-0.25, -0.2) is 0 Å². The van der Waals surface area contributed by atoms with Crippen molar-refractivity contribution in [2.75, 3.05) is 20.6 Å². The van der Waals surface area contributed by atoms with E-state index in [1.54, 1.807) is 0 Å². The first-order chi connectivity index (χ1) is 3.41. The summed E-state index contributed by atoms with van der Waals surface area (Å²) in [5.41, 5.74) is 0. The minimum absolute atomic E-state index is 1.11. The monoisotopic (exact) mass is 100 g/mol. The van der Waals surface area contributed by atoms with Crippen LogP contribution in [0, 0.1) is 0 Å². The molecule has 0 unspecified atom stereocenters. The van der Waals surface area contributed by atoms with Crippen molar-refractivity contribution in [3.63, 3.8) is 0 Å². The number of rotatable bonds is 4. The van der Waals surface area contributed by atoms with Crippen LogP contribution in [0.4, 0.5) is 0 Å². The molecule has 0 spiro atoms. The lowest BCUT2D eigenvalue weighted by Crippen LogP contribution is -2.18. The minimum Gasteiger partial charge on any atom is -0.361 e. The van der Waals surface area contributed by atoms with Crippen molar-refractivity contribution in [3.05, 3.63) is 0 Å². The molecule has 0 radical (unpaired) electrons. The Kier molecular flexibility index (Phi) is 5.97. The second-order valence-electron chi connectivity index (χ2n) is 1.56. The van der Waals surface area contributed by atoms with Gasteiger partial charge in [0.05, 0.1) is 0 Å². The summed E-state index contributed by atoms with van der Waals surface area (Å²) in [6.07, 6.45) is 1.22. The minimum atomic E-state index is 1.11. The van der Waals surface area contributed by atoms with Crippen molar-refractivity contribution >= 4 is 7.41 Å². The molecule has 0 aliphatic heterocycles. The highest BCUT2D eigenvalue weighted by atomic mass is 14.8. The summed E-state index contributed by atoms with van der Waals surface area (Å²) >= 11 is 0. The third-order valence-corrected chi connectivity index (χ3v) is 0.854. The largest absolute Gasteiger partial charge is 0.361 e. The Morgan fingerprint density at radius 3 is 2.57 bits per heavy atom. The molecule has 0 aliphatic carbocycles. The van der Waals surface area contributed by atoms with E-state index in [4.69, 9.17) is 0 Å². The van der Waals surface area contributed by atoms with Crippen molar-refractivity contribution in [3.8, 4) is 0 Å². The van der Waals surface area contributed by atoms with Crippen molar-refractivity contribution < 1.29 is 0 Å². The fourth-order valence-corrected chi connectivity index (χ4v) is 0.442. The van der Waals surface area contributed by atoms with Gasteiger partial charge in [0, 0.05) is 0 Å². The number of hydrogen-bond acceptors (Lipinski definition) is 2. The maximum absolute atomic E-state index is 3.06. The van der Waals surface area contributed by atoms with Gasteiger partial charge in [-0.15, -0.1) is 0 Å². The van der Waals surface area contributed by atoms with Crippen LogP contribution < -0.4 is 10.5 Å². The van der Waals surface area contributed by atoms with Gasteiger partial charge in [-0.1, -0.05) is 6.32 Å². The van der Waals surface area contributed by atoms with Gasteiger partial charge < -0.3 is 10.5 Å². The molecule has 0 amide bonds. The molecule has 0 atom stereocenters. The molecule has 2 nitrogen and oxygen atoms in total. The molecule has 0 heterocycles. The number of nitrogens with one attached hydrogen (secondary N) is 2. The van der Waals surface area contributed by atoms with Gasteiger partial charge in [-0.2, -0.15) is 0 Å². The Morgan fingerprint density at radius 1 is 1.43 bits per heavy atom. The Balaban J connectivity index is 2.45. The highest BCUT2D eigenvalue weighted by Crippen LogP contribution is 1.66. The quantitative estimate of drug-likeness (QED) is 0.356. The maximum atomic E-state index is 3.06. The van der Waals surface area contributed by atoms with Gasteiger partial charge in [0.25, 0.3) is 0 Å². The van der Waals surface area contributed by atoms with Crippen LogP contribution in [0.1, 0.15) is 0 Å². The standard InChI is InChI=1S/C4H13BN2/c1-6-4-3-5-7-2/h5-7H,3-4H2,1-2H3. The first-order valence-electron chi connectivity index (χ1n) is 2.71. The third kappa shape index (κ3) is 5.98. The van der Waals surface area contributed by atoms with Crippen LogP contribution >= 0.6 is 0 Å². The normalized spacial score (nSPS) is 8.86. The van der Waals surface area contributed by atoms with Crippen LogP contribution in [0.15, 0.2) is 0 Å². The maximum Gasteiger partial charge on any atom is 0.202 e. The van der Waals surface area contributed by atoms with Gasteiger partial charge in [0.15, 0.2) is 0 Å². The molecule has 0 aromatic carbocycles. The van der Waals surface area contributed by atoms with E-state index in [1.165, 1.54) is 6.32 Å². The van der Waals surface area contributed by atoms with Crippen LogP contribution in [0.3, 0.4) is 0 Å². The summed E-state index contributed by atoms with van der Waals surface area (Å²) < 4.78 is 0. The molecule has 2 N–H and O–H groups in total. The van der Waals surface area contributed by atoms with E-state index >= 15 is 0 Å². The zero-order chi connectivity index (χ0) is 5.54. The topological polar surface area (TPSA) is 24.1 Å². The molecular formula is C4H13BN2. The Morgan fingerprint density at radius 2 is 2.14 bits per heavy atom. The fourth-order valence-electron chi connectivity index (χ4n) is 0.442.